The Balaban J connectivity index is 2.62. The van der Waals surface area contributed by atoms with Gasteiger partial charge in [0, 0.05) is 12.6 Å². The second-order valence-corrected chi connectivity index (χ2v) is 7.90. The molecule has 1 aromatic heterocycles. The van der Waals surface area contributed by atoms with Crippen molar-refractivity contribution in [3.63, 3.8) is 0 Å². The van der Waals surface area contributed by atoms with E-state index in [1.807, 2.05) is 20.8 Å². The Kier molecular flexibility index (Phi) is 4.76. The number of imidazole rings is 1. The molecule has 0 saturated heterocycles. The Morgan fingerprint density at radius 3 is 2.61 bits per heavy atom. The van der Waals surface area contributed by atoms with Crippen molar-refractivity contribution in [1.29, 1.82) is 5.26 Å². The Labute approximate surface area is 137 Å². The van der Waals surface area contributed by atoms with Crippen LogP contribution in [0.2, 0.25) is 0 Å². The molecule has 0 spiro atoms. The summed E-state index contributed by atoms with van der Waals surface area (Å²) in [6.07, 6.45) is 3.17. The number of halogens is 1. The Morgan fingerprint density at radius 1 is 1.43 bits per heavy atom. The van der Waals surface area contributed by atoms with E-state index in [1.54, 1.807) is 36.3 Å². The largest absolute Gasteiger partial charge is 0.332 e. The first-order valence-electron chi connectivity index (χ1n) is 6.91. The summed E-state index contributed by atoms with van der Waals surface area (Å²) in [5.41, 5.74) is 1.39. The quantitative estimate of drug-likeness (QED) is 0.811. The fourth-order valence-corrected chi connectivity index (χ4v) is 2.44. The molecular formula is C16H17FN4OS. The molecule has 0 saturated carbocycles. The maximum absolute atomic E-state index is 13.9. The average molecular weight is 332 g/mol. The molecule has 0 unspecified atom stereocenters. The van der Waals surface area contributed by atoms with Crippen LogP contribution in [-0.2, 0) is 18.0 Å². The molecule has 0 radical (unpaired) electrons. The third-order valence-corrected chi connectivity index (χ3v) is 4.52. The summed E-state index contributed by atoms with van der Waals surface area (Å²) in [5.74, 6) is -0.638. The predicted octanol–water partition coefficient (Wildman–Crippen LogP) is 2.73. The molecule has 2 rings (SSSR count). The third-order valence-electron chi connectivity index (χ3n) is 3.12. The molecule has 1 atom stereocenters. The Hall–Kier alpha value is -2.33. The number of nitrogens with zero attached hydrogens (tertiary/aromatic N) is 4. The highest BCUT2D eigenvalue weighted by Crippen LogP contribution is 2.19. The van der Waals surface area contributed by atoms with Crippen molar-refractivity contribution in [2.75, 3.05) is 0 Å². The minimum Gasteiger partial charge on any atom is -0.332 e. The van der Waals surface area contributed by atoms with Gasteiger partial charge in [0.2, 0.25) is 0 Å². The van der Waals surface area contributed by atoms with E-state index in [2.05, 4.69) is 9.38 Å². The van der Waals surface area contributed by atoms with E-state index in [-0.39, 0.29) is 5.56 Å². The number of rotatable bonds is 3. The minimum atomic E-state index is -1.52. The topological polar surface area (TPSA) is 71.0 Å². The van der Waals surface area contributed by atoms with Crippen molar-refractivity contribution in [2.24, 2.45) is 11.4 Å². The van der Waals surface area contributed by atoms with Crippen molar-refractivity contribution >= 4 is 16.7 Å². The standard InChI is InChI=1S/C16H17FN4OS/c1-16(2,3)23(22)20-15(14-9-19-10-21(14)4)11-5-6-12(8-18)13(17)7-11/h5-7,9-10H,1-4H3/b20-15-/t23-/m0/s1. The van der Waals surface area contributed by atoms with Gasteiger partial charge in [-0.2, -0.15) is 9.66 Å². The fourth-order valence-electron chi connectivity index (χ4n) is 1.81. The zero-order valence-electron chi connectivity index (χ0n) is 13.4. The zero-order chi connectivity index (χ0) is 17.2. The van der Waals surface area contributed by atoms with Gasteiger partial charge in [0.25, 0.3) is 0 Å². The SMILES string of the molecule is Cn1cncc1/C(=N\[S@@](=O)C(C)(C)C)c1ccc(C#N)c(F)c1. The molecule has 0 bridgehead atoms. The molecule has 0 fully saturated rings. The van der Waals surface area contributed by atoms with Gasteiger partial charge in [-0.15, -0.1) is 0 Å². The summed E-state index contributed by atoms with van der Waals surface area (Å²) in [5, 5.41) is 8.85. The second kappa shape index (κ2) is 6.42. The molecule has 2 aromatic rings. The van der Waals surface area contributed by atoms with Crippen molar-refractivity contribution in [3.8, 4) is 6.07 Å². The lowest BCUT2D eigenvalue weighted by Crippen LogP contribution is -2.22. The van der Waals surface area contributed by atoms with E-state index in [4.69, 9.17) is 5.26 Å². The number of aryl methyl sites for hydroxylation is 1. The molecule has 1 aromatic carbocycles. The van der Waals surface area contributed by atoms with E-state index < -0.39 is 21.5 Å². The third kappa shape index (κ3) is 3.71. The van der Waals surface area contributed by atoms with Gasteiger partial charge >= 0.3 is 0 Å². The molecule has 0 amide bonds. The van der Waals surface area contributed by atoms with Gasteiger partial charge in [-0.25, -0.2) is 13.6 Å². The predicted molar refractivity (Wildman–Crippen MR) is 87.9 cm³/mol. The van der Waals surface area contributed by atoms with Crippen molar-refractivity contribution in [1.82, 2.24) is 9.55 Å². The summed E-state index contributed by atoms with van der Waals surface area (Å²) < 4.78 is 31.8. The van der Waals surface area contributed by atoms with Crippen molar-refractivity contribution in [2.45, 2.75) is 25.5 Å². The van der Waals surface area contributed by atoms with Crippen LogP contribution in [0.5, 0.6) is 0 Å². The van der Waals surface area contributed by atoms with Gasteiger partial charge in [-0.05, 0) is 32.9 Å². The maximum atomic E-state index is 13.9. The Bertz CT molecular complexity index is 827. The number of hydrogen-bond donors (Lipinski definition) is 0. The molecule has 5 nitrogen and oxygen atoms in total. The lowest BCUT2D eigenvalue weighted by Gasteiger charge is -2.15. The van der Waals surface area contributed by atoms with Crippen LogP contribution in [0, 0.1) is 17.1 Å². The lowest BCUT2D eigenvalue weighted by molar-refractivity contribution is 0.623. The van der Waals surface area contributed by atoms with Crippen LogP contribution >= 0.6 is 0 Å². The highest BCUT2D eigenvalue weighted by Gasteiger charge is 2.22. The van der Waals surface area contributed by atoms with E-state index >= 15 is 0 Å². The lowest BCUT2D eigenvalue weighted by atomic mass is 10.1. The average Bonchev–Trinajstić information content (AvgIpc) is 2.89. The molecule has 0 aliphatic carbocycles. The number of hydrogen-bond acceptors (Lipinski definition) is 3. The number of nitriles is 1. The molecule has 120 valence electrons. The molecule has 23 heavy (non-hydrogen) atoms. The Morgan fingerprint density at radius 2 is 2.13 bits per heavy atom. The van der Waals surface area contributed by atoms with Gasteiger partial charge < -0.3 is 4.57 Å². The van der Waals surface area contributed by atoms with Crippen LogP contribution in [-0.4, -0.2) is 24.2 Å². The van der Waals surface area contributed by atoms with E-state index in [0.29, 0.717) is 17.0 Å². The van der Waals surface area contributed by atoms with Gasteiger partial charge in [-0.3, -0.25) is 0 Å². The van der Waals surface area contributed by atoms with E-state index in [9.17, 15) is 8.60 Å². The highest BCUT2D eigenvalue weighted by atomic mass is 32.2. The molecule has 0 aliphatic rings. The van der Waals surface area contributed by atoms with Gasteiger partial charge in [-0.1, -0.05) is 6.07 Å². The van der Waals surface area contributed by atoms with Gasteiger partial charge in [0.15, 0.2) is 0 Å². The summed E-state index contributed by atoms with van der Waals surface area (Å²) in [6.45, 7) is 5.44. The normalized spacial score (nSPS) is 13.7. The second-order valence-electron chi connectivity index (χ2n) is 6.00. The smallest absolute Gasteiger partial charge is 0.145 e. The monoisotopic (exact) mass is 332 g/mol. The minimum absolute atomic E-state index is 0.0463. The van der Waals surface area contributed by atoms with Crippen LogP contribution in [0.3, 0.4) is 0 Å². The van der Waals surface area contributed by atoms with E-state index in [1.165, 1.54) is 12.1 Å². The highest BCUT2D eigenvalue weighted by molar-refractivity contribution is 7.85. The summed E-state index contributed by atoms with van der Waals surface area (Å²) >= 11 is 0. The van der Waals surface area contributed by atoms with Crippen molar-refractivity contribution in [3.05, 3.63) is 53.4 Å². The fraction of sp³-hybridized carbons (Fsp3) is 0.312. The van der Waals surface area contributed by atoms with Crippen LogP contribution in [0.4, 0.5) is 4.39 Å². The molecule has 1 heterocycles. The summed E-state index contributed by atoms with van der Waals surface area (Å²) in [7, 11) is 0.261. The molecule has 0 aliphatic heterocycles. The zero-order valence-corrected chi connectivity index (χ0v) is 14.2. The van der Waals surface area contributed by atoms with Gasteiger partial charge in [0.05, 0.1) is 28.5 Å². The first kappa shape index (κ1) is 17.0. The molecule has 7 heteroatoms. The van der Waals surface area contributed by atoms with Crippen LogP contribution in [0.25, 0.3) is 0 Å². The maximum Gasteiger partial charge on any atom is 0.145 e. The van der Waals surface area contributed by atoms with E-state index in [0.717, 1.165) is 0 Å². The van der Waals surface area contributed by atoms with Crippen LogP contribution in [0.1, 0.15) is 37.6 Å². The number of aromatic nitrogens is 2. The first-order chi connectivity index (χ1) is 10.7. The first-order valence-corrected chi connectivity index (χ1v) is 8.02. The van der Waals surface area contributed by atoms with Crippen LogP contribution < -0.4 is 0 Å². The summed E-state index contributed by atoms with van der Waals surface area (Å²) in [6, 6.07) is 5.98. The van der Waals surface area contributed by atoms with Crippen molar-refractivity contribution < 1.29 is 8.60 Å². The molecule has 0 N–H and O–H groups in total. The van der Waals surface area contributed by atoms with Crippen LogP contribution in [0.15, 0.2) is 35.1 Å². The summed E-state index contributed by atoms with van der Waals surface area (Å²) in [4.78, 5) is 4.03. The molecular weight excluding hydrogens is 315 g/mol. The number of benzene rings is 1. The van der Waals surface area contributed by atoms with Gasteiger partial charge in [0.1, 0.15) is 28.6 Å².